The summed E-state index contributed by atoms with van der Waals surface area (Å²) >= 11 is 6.48. The van der Waals surface area contributed by atoms with Crippen molar-refractivity contribution in [2.45, 2.75) is 45.9 Å². The zero-order valence-electron chi connectivity index (χ0n) is 21.0. The Morgan fingerprint density at radius 2 is 1.89 bits per heavy atom. The number of carbonyl (C=O) groups is 2. The number of benzene rings is 1. The Balaban J connectivity index is 1.33. The van der Waals surface area contributed by atoms with Crippen LogP contribution in [0.2, 0.25) is 5.02 Å². The highest BCUT2D eigenvalue weighted by Crippen LogP contribution is 2.63. The summed E-state index contributed by atoms with van der Waals surface area (Å²) < 4.78 is 20.9. The van der Waals surface area contributed by atoms with E-state index in [2.05, 4.69) is 15.4 Å². The van der Waals surface area contributed by atoms with E-state index in [0.717, 1.165) is 27.8 Å². The molecule has 0 bridgehead atoms. The lowest BCUT2D eigenvalue weighted by atomic mass is 9.93. The third-order valence-electron chi connectivity index (χ3n) is 8.12. The van der Waals surface area contributed by atoms with Gasteiger partial charge in [-0.2, -0.15) is 5.10 Å². The number of fused-ring (bicyclic) bond motifs is 2. The van der Waals surface area contributed by atoms with E-state index >= 15 is 0 Å². The molecule has 0 radical (unpaired) electrons. The van der Waals surface area contributed by atoms with Gasteiger partial charge in [-0.3, -0.25) is 14.5 Å². The first-order valence-electron chi connectivity index (χ1n) is 12.6. The molecule has 37 heavy (non-hydrogen) atoms. The fourth-order valence-corrected chi connectivity index (χ4v) is 6.36. The number of nitrogens with one attached hydrogen (secondary N) is 1. The Hall–Kier alpha value is -2.88. The first kappa shape index (κ1) is 24.5. The highest BCUT2D eigenvalue weighted by molar-refractivity contribution is 6.31. The van der Waals surface area contributed by atoms with E-state index in [9.17, 15) is 14.0 Å². The lowest BCUT2D eigenvalue weighted by molar-refractivity contribution is -0.143. The topological polar surface area (TPSA) is 88.8 Å². The molecule has 3 aliphatic rings. The average molecular weight is 526 g/mol. The molecule has 2 aliphatic heterocycles. The Labute approximate surface area is 219 Å². The molecule has 8 nitrogen and oxygen atoms in total. The van der Waals surface area contributed by atoms with E-state index in [1.807, 2.05) is 45.2 Å². The maximum Gasteiger partial charge on any atom is 0.233 e. The van der Waals surface area contributed by atoms with Gasteiger partial charge in [0.05, 0.1) is 41.8 Å². The molecule has 10 heteroatoms. The lowest BCUT2D eigenvalue weighted by Crippen LogP contribution is -2.46. The smallest absolute Gasteiger partial charge is 0.233 e. The maximum absolute atomic E-state index is 13.3. The second-order valence-electron chi connectivity index (χ2n) is 11.0. The van der Waals surface area contributed by atoms with Crippen LogP contribution in [0.15, 0.2) is 30.7 Å². The van der Waals surface area contributed by atoms with Crippen LogP contribution in [0.1, 0.15) is 30.5 Å². The molecule has 2 aromatic heterocycles. The van der Waals surface area contributed by atoms with Crippen LogP contribution in [0.5, 0.6) is 0 Å². The fraction of sp³-hybridized carbons (Fsp3) is 0.481. The number of aromatic nitrogens is 3. The molecular formula is C27H29ClFN5O3. The van der Waals surface area contributed by atoms with Crippen molar-refractivity contribution in [1.82, 2.24) is 24.8 Å². The highest BCUT2D eigenvalue weighted by atomic mass is 35.5. The molecule has 1 saturated carbocycles. The molecule has 6 rings (SSSR count). The molecule has 2 saturated heterocycles. The summed E-state index contributed by atoms with van der Waals surface area (Å²) in [5, 5.41) is 8.20. The highest BCUT2D eigenvalue weighted by Gasteiger charge is 2.72. The third kappa shape index (κ3) is 4.04. The first-order valence-corrected chi connectivity index (χ1v) is 13.0. The Kier molecular flexibility index (Phi) is 5.85. The van der Waals surface area contributed by atoms with Crippen molar-refractivity contribution in [3.05, 3.63) is 52.4 Å². The Bertz CT molecular complexity index is 1400. The van der Waals surface area contributed by atoms with Gasteiger partial charge in [-0.15, -0.1) is 0 Å². The van der Waals surface area contributed by atoms with Crippen LogP contribution in [-0.2, 0) is 27.3 Å². The molecule has 3 aromatic rings. The van der Waals surface area contributed by atoms with Crippen molar-refractivity contribution in [1.29, 1.82) is 0 Å². The van der Waals surface area contributed by atoms with Crippen molar-refractivity contribution in [2.75, 3.05) is 19.8 Å². The molecule has 1 N–H and O–H groups in total. The summed E-state index contributed by atoms with van der Waals surface area (Å²) in [5.41, 5.74) is 4.86. The number of piperidine rings is 1. The molecule has 2 amide bonds. The number of ether oxygens (including phenoxy) is 1. The van der Waals surface area contributed by atoms with Gasteiger partial charge >= 0.3 is 0 Å². The summed E-state index contributed by atoms with van der Waals surface area (Å²) in [6.45, 7) is 6.74. The molecule has 0 spiro atoms. The SMILES string of the molecule is Cc1cc(Cl)cc(-c2ncnn3cc(CN4C(=O)C5C(C4=O)C5(C)C)cc23)c1CC1CNCC(CF)O1. The number of morpholine rings is 1. The second-order valence-corrected chi connectivity index (χ2v) is 11.4. The number of amides is 2. The van der Waals surface area contributed by atoms with Crippen molar-refractivity contribution in [2.24, 2.45) is 17.3 Å². The molecule has 4 atom stereocenters. The number of rotatable bonds is 6. The van der Waals surface area contributed by atoms with E-state index in [1.54, 1.807) is 4.52 Å². The van der Waals surface area contributed by atoms with Crippen molar-refractivity contribution < 1.29 is 18.7 Å². The van der Waals surface area contributed by atoms with Crippen LogP contribution < -0.4 is 5.32 Å². The van der Waals surface area contributed by atoms with Gasteiger partial charge in [0.15, 0.2) is 0 Å². The molecule has 1 aromatic carbocycles. The van der Waals surface area contributed by atoms with Gasteiger partial charge in [-0.1, -0.05) is 25.4 Å². The maximum atomic E-state index is 13.3. The summed E-state index contributed by atoms with van der Waals surface area (Å²) in [6.07, 6.45) is 3.24. The van der Waals surface area contributed by atoms with Crippen molar-refractivity contribution in [3.63, 3.8) is 0 Å². The zero-order chi connectivity index (χ0) is 26.1. The number of aryl methyl sites for hydroxylation is 1. The van der Waals surface area contributed by atoms with Gasteiger partial charge in [-0.25, -0.2) is 13.9 Å². The van der Waals surface area contributed by atoms with Gasteiger partial charge in [0.25, 0.3) is 0 Å². The van der Waals surface area contributed by atoms with Gasteiger partial charge < -0.3 is 10.1 Å². The predicted octanol–water partition coefficient (Wildman–Crippen LogP) is 3.37. The number of hydrogen-bond acceptors (Lipinski definition) is 6. The quantitative estimate of drug-likeness (QED) is 0.496. The first-order chi connectivity index (χ1) is 17.7. The van der Waals surface area contributed by atoms with E-state index in [1.165, 1.54) is 11.2 Å². The monoisotopic (exact) mass is 525 g/mol. The average Bonchev–Trinajstić information content (AvgIpc) is 3.11. The zero-order valence-corrected chi connectivity index (χ0v) is 21.8. The van der Waals surface area contributed by atoms with Crippen LogP contribution >= 0.6 is 11.6 Å². The lowest BCUT2D eigenvalue weighted by Gasteiger charge is -2.30. The van der Waals surface area contributed by atoms with E-state index in [4.69, 9.17) is 16.3 Å². The van der Waals surface area contributed by atoms with Gasteiger partial charge in [0.2, 0.25) is 11.8 Å². The second kappa shape index (κ2) is 8.85. The minimum Gasteiger partial charge on any atom is -0.369 e. The number of carbonyl (C=O) groups excluding carboxylic acids is 2. The minimum absolute atomic E-state index is 0.0954. The van der Waals surface area contributed by atoms with Crippen LogP contribution in [0, 0.1) is 24.2 Å². The molecule has 194 valence electrons. The third-order valence-corrected chi connectivity index (χ3v) is 8.34. The van der Waals surface area contributed by atoms with Crippen LogP contribution in [-0.4, -0.2) is 63.3 Å². The fourth-order valence-electron chi connectivity index (χ4n) is 6.09. The standard InChI is InChI=1S/C27H29ClFN5O3/c1-14-4-16(28)6-20(19(14)7-17-9-30-10-18(8-29)37-17)24-21-5-15(12-34(21)32-13-31-24)11-33-25(35)22-23(26(33)36)27(22,2)3/h4-6,12-13,17-18,22-23,30H,7-11H2,1-3H3. The molecule has 4 heterocycles. The normalized spacial score (nSPS) is 26.7. The van der Waals surface area contributed by atoms with E-state index in [-0.39, 0.29) is 41.7 Å². The van der Waals surface area contributed by atoms with Gasteiger partial charge in [0.1, 0.15) is 13.0 Å². The largest absolute Gasteiger partial charge is 0.369 e. The summed E-state index contributed by atoms with van der Waals surface area (Å²) in [4.78, 5) is 31.7. The van der Waals surface area contributed by atoms with Gasteiger partial charge in [-0.05, 0) is 47.2 Å². The van der Waals surface area contributed by atoms with Crippen LogP contribution in [0.4, 0.5) is 4.39 Å². The number of imide groups is 1. The number of alkyl halides is 1. The van der Waals surface area contributed by atoms with Crippen molar-refractivity contribution >= 4 is 28.9 Å². The molecular weight excluding hydrogens is 497 g/mol. The van der Waals surface area contributed by atoms with Crippen LogP contribution in [0.25, 0.3) is 16.8 Å². The number of halogens is 2. The number of nitrogens with zero attached hydrogens (tertiary/aromatic N) is 4. The summed E-state index contributed by atoms with van der Waals surface area (Å²) in [6, 6.07) is 5.70. The molecule has 1 aliphatic carbocycles. The molecule has 4 unspecified atom stereocenters. The predicted molar refractivity (Wildman–Crippen MR) is 136 cm³/mol. The number of likely N-dealkylation sites (tertiary alicyclic amines) is 1. The Morgan fingerprint density at radius 3 is 2.62 bits per heavy atom. The van der Waals surface area contributed by atoms with Crippen LogP contribution in [0.3, 0.4) is 0 Å². The summed E-state index contributed by atoms with van der Waals surface area (Å²) in [5.74, 6) is -0.611. The molecule has 3 fully saturated rings. The Morgan fingerprint density at radius 1 is 1.16 bits per heavy atom. The van der Waals surface area contributed by atoms with E-state index < -0.39 is 12.8 Å². The van der Waals surface area contributed by atoms with Gasteiger partial charge in [0, 0.05) is 36.3 Å². The van der Waals surface area contributed by atoms with Crippen molar-refractivity contribution in [3.8, 4) is 11.3 Å². The van der Waals surface area contributed by atoms with E-state index in [0.29, 0.717) is 30.2 Å². The summed E-state index contributed by atoms with van der Waals surface area (Å²) in [7, 11) is 0. The number of hydrogen-bond donors (Lipinski definition) is 1. The minimum atomic E-state index is -0.531.